The molecule has 0 unspecified atom stereocenters. The summed E-state index contributed by atoms with van der Waals surface area (Å²) in [4.78, 5) is 3.58. The second-order valence-corrected chi connectivity index (χ2v) is 3.32. The van der Waals surface area contributed by atoms with Crippen molar-refractivity contribution < 1.29 is 17.9 Å². The number of anilines is 1. The van der Waals surface area contributed by atoms with E-state index >= 15 is 0 Å². The summed E-state index contributed by atoms with van der Waals surface area (Å²) in [6, 6.07) is 0. The van der Waals surface area contributed by atoms with Crippen LogP contribution < -0.4 is 16.2 Å². The third kappa shape index (κ3) is 2.96. The molecule has 0 saturated heterocycles. The van der Waals surface area contributed by atoms with Gasteiger partial charge in [0.05, 0.1) is 11.9 Å². The first kappa shape index (κ1) is 12.1. The number of alkyl halides is 3. The Labute approximate surface area is 91.5 Å². The molecule has 4 N–H and O–H groups in total. The zero-order valence-electron chi connectivity index (χ0n) is 7.31. The highest BCUT2D eigenvalue weighted by Gasteiger charge is 2.33. The Kier molecular flexibility index (Phi) is 3.40. The highest BCUT2D eigenvalue weighted by Crippen LogP contribution is 2.34. The normalized spacial score (nSPS) is 11.5. The minimum Gasteiger partial charge on any atom is -0.402 e. The maximum absolute atomic E-state index is 12.0. The van der Waals surface area contributed by atoms with E-state index in [0.29, 0.717) is 0 Å². The van der Waals surface area contributed by atoms with Crippen molar-refractivity contribution >= 4 is 21.6 Å². The molecule has 0 aliphatic heterocycles. The van der Waals surface area contributed by atoms with Gasteiger partial charge in [-0.15, -0.1) is 13.2 Å². The quantitative estimate of drug-likeness (QED) is 0.813. The van der Waals surface area contributed by atoms with Gasteiger partial charge in [-0.1, -0.05) is 0 Å². The summed E-state index contributed by atoms with van der Waals surface area (Å²) >= 11 is 2.83. The molecule has 0 spiro atoms. The van der Waals surface area contributed by atoms with Crippen LogP contribution in [0.3, 0.4) is 0 Å². The molecule has 0 fully saturated rings. The van der Waals surface area contributed by atoms with E-state index in [1.165, 1.54) is 6.20 Å². The molecule has 1 rings (SSSR count). The fourth-order valence-corrected chi connectivity index (χ4v) is 1.37. The predicted molar refractivity (Wildman–Crippen MR) is 50.9 cm³/mol. The molecule has 15 heavy (non-hydrogen) atoms. The van der Waals surface area contributed by atoms with Crippen LogP contribution in [-0.2, 0) is 6.54 Å². The van der Waals surface area contributed by atoms with Gasteiger partial charge in [0.15, 0.2) is 5.75 Å². The van der Waals surface area contributed by atoms with Gasteiger partial charge in [-0.25, -0.2) is 4.98 Å². The molecule has 0 amide bonds. The predicted octanol–water partition coefficient (Wildman–Crippen LogP) is 1.78. The smallest absolute Gasteiger partial charge is 0.402 e. The van der Waals surface area contributed by atoms with E-state index in [9.17, 15) is 13.2 Å². The lowest BCUT2D eigenvalue weighted by atomic mass is 10.2. The molecular formula is C7H7BrF3N3O. The van der Waals surface area contributed by atoms with Gasteiger partial charge in [-0.2, -0.15) is 0 Å². The van der Waals surface area contributed by atoms with Gasteiger partial charge >= 0.3 is 6.36 Å². The number of hydrogen-bond acceptors (Lipinski definition) is 4. The van der Waals surface area contributed by atoms with E-state index in [1.54, 1.807) is 0 Å². The van der Waals surface area contributed by atoms with Crippen LogP contribution in [0.5, 0.6) is 5.75 Å². The van der Waals surface area contributed by atoms with Crippen LogP contribution in [0.1, 0.15) is 5.56 Å². The summed E-state index contributed by atoms with van der Waals surface area (Å²) in [6.07, 6.45) is -3.60. The lowest BCUT2D eigenvalue weighted by Gasteiger charge is -2.14. The summed E-state index contributed by atoms with van der Waals surface area (Å²) in [6.45, 7) is -0.168. The minimum absolute atomic E-state index is 0.0555. The number of ether oxygens (including phenoxy) is 1. The molecular weight excluding hydrogens is 279 g/mol. The Morgan fingerprint density at radius 2 is 2.07 bits per heavy atom. The van der Waals surface area contributed by atoms with E-state index in [1.807, 2.05) is 0 Å². The van der Waals surface area contributed by atoms with Gasteiger partial charge in [0, 0.05) is 12.1 Å². The zero-order chi connectivity index (χ0) is 11.6. The van der Waals surface area contributed by atoms with Gasteiger partial charge in [-0.05, 0) is 15.9 Å². The molecule has 0 aromatic carbocycles. The van der Waals surface area contributed by atoms with Crippen molar-refractivity contribution in [1.29, 1.82) is 0 Å². The minimum atomic E-state index is -4.80. The van der Waals surface area contributed by atoms with Crippen LogP contribution in [-0.4, -0.2) is 11.3 Å². The fourth-order valence-electron chi connectivity index (χ4n) is 0.948. The molecule has 4 nitrogen and oxygen atoms in total. The number of pyridine rings is 1. The standard InChI is InChI=1S/C7H7BrF3N3O/c8-6-5(15-7(9,10)11)3(1-12)4(13)2-14-6/h2H,1,12-13H2. The van der Waals surface area contributed by atoms with Crippen LogP contribution in [0, 0.1) is 0 Å². The molecule has 84 valence electrons. The number of aromatic nitrogens is 1. The SMILES string of the molecule is NCc1c(N)cnc(Br)c1OC(F)(F)F. The number of rotatable bonds is 2. The molecule has 0 aliphatic rings. The zero-order valence-corrected chi connectivity index (χ0v) is 8.89. The number of hydrogen-bond donors (Lipinski definition) is 2. The lowest BCUT2D eigenvalue weighted by molar-refractivity contribution is -0.275. The highest BCUT2D eigenvalue weighted by molar-refractivity contribution is 9.10. The Hall–Kier alpha value is -1.02. The van der Waals surface area contributed by atoms with Gasteiger partial charge < -0.3 is 16.2 Å². The largest absolute Gasteiger partial charge is 0.573 e. The third-order valence-electron chi connectivity index (χ3n) is 1.55. The first-order chi connectivity index (χ1) is 6.85. The van der Waals surface area contributed by atoms with E-state index in [4.69, 9.17) is 11.5 Å². The number of halogens is 4. The summed E-state index contributed by atoms with van der Waals surface area (Å²) in [5.41, 5.74) is 10.8. The van der Waals surface area contributed by atoms with E-state index in [0.717, 1.165) is 0 Å². The average molecular weight is 286 g/mol. The fraction of sp³-hybridized carbons (Fsp3) is 0.286. The molecule has 0 radical (unpaired) electrons. The molecule has 0 saturated carbocycles. The Bertz CT molecular complexity index is 369. The molecule has 0 bridgehead atoms. The van der Waals surface area contributed by atoms with Crippen LogP contribution in [0.2, 0.25) is 0 Å². The molecule has 8 heteroatoms. The van der Waals surface area contributed by atoms with Crippen LogP contribution in [0.25, 0.3) is 0 Å². The van der Waals surface area contributed by atoms with Crippen LogP contribution in [0.15, 0.2) is 10.8 Å². The summed E-state index contributed by atoms with van der Waals surface area (Å²) in [7, 11) is 0. The van der Waals surface area contributed by atoms with Crippen LogP contribution in [0.4, 0.5) is 18.9 Å². The first-order valence-corrected chi connectivity index (χ1v) is 4.53. The average Bonchev–Trinajstić information content (AvgIpc) is 2.10. The molecule has 1 heterocycles. The second kappa shape index (κ2) is 4.23. The summed E-state index contributed by atoms with van der Waals surface area (Å²) in [5.74, 6) is -0.495. The first-order valence-electron chi connectivity index (χ1n) is 3.74. The van der Waals surface area contributed by atoms with Crippen molar-refractivity contribution in [3.63, 3.8) is 0 Å². The van der Waals surface area contributed by atoms with E-state index in [2.05, 4.69) is 25.7 Å². The Balaban J connectivity index is 3.20. The van der Waals surface area contributed by atoms with Crippen molar-refractivity contribution in [1.82, 2.24) is 4.98 Å². The Morgan fingerprint density at radius 3 is 2.53 bits per heavy atom. The molecule has 1 aromatic rings. The summed E-state index contributed by atoms with van der Waals surface area (Å²) < 4.78 is 39.7. The maximum atomic E-state index is 12.0. The highest BCUT2D eigenvalue weighted by atomic mass is 79.9. The van der Waals surface area contributed by atoms with E-state index < -0.39 is 12.1 Å². The third-order valence-corrected chi connectivity index (χ3v) is 2.11. The van der Waals surface area contributed by atoms with Gasteiger partial charge in [0.25, 0.3) is 0 Å². The number of nitrogens with two attached hydrogens (primary N) is 2. The van der Waals surface area contributed by atoms with Gasteiger partial charge in [0.1, 0.15) is 4.60 Å². The number of nitrogen functional groups attached to an aromatic ring is 1. The van der Waals surface area contributed by atoms with Crippen molar-refractivity contribution in [3.8, 4) is 5.75 Å². The van der Waals surface area contributed by atoms with Crippen LogP contribution >= 0.6 is 15.9 Å². The van der Waals surface area contributed by atoms with E-state index in [-0.39, 0.29) is 22.4 Å². The van der Waals surface area contributed by atoms with Gasteiger partial charge in [0.2, 0.25) is 0 Å². The Morgan fingerprint density at radius 1 is 1.47 bits per heavy atom. The van der Waals surface area contributed by atoms with Crippen molar-refractivity contribution in [2.24, 2.45) is 5.73 Å². The lowest BCUT2D eigenvalue weighted by Crippen LogP contribution is -2.20. The maximum Gasteiger partial charge on any atom is 0.573 e. The molecule has 0 aliphatic carbocycles. The molecule has 1 aromatic heterocycles. The van der Waals surface area contributed by atoms with Crippen molar-refractivity contribution in [3.05, 3.63) is 16.4 Å². The van der Waals surface area contributed by atoms with Crippen molar-refractivity contribution in [2.75, 3.05) is 5.73 Å². The second-order valence-electron chi connectivity index (χ2n) is 2.56. The monoisotopic (exact) mass is 285 g/mol. The molecule has 0 atom stereocenters. The topological polar surface area (TPSA) is 74.2 Å². The van der Waals surface area contributed by atoms with Gasteiger partial charge in [-0.3, -0.25) is 0 Å². The number of nitrogens with zero attached hydrogens (tertiary/aromatic N) is 1. The van der Waals surface area contributed by atoms with Crippen molar-refractivity contribution in [2.45, 2.75) is 12.9 Å². The summed E-state index contributed by atoms with van der Waals surface area (Å²) in [5, 5.41) is 0.